The van der Waals surface area contributed by atoms with Crippen molar-refractivity contribution in [3.8, 4) is 0 Å². The van der Waals surface area contributed by atoms with Gasteiger partial charge < -0.3 is 5.32 Å². The largest absolute Gasteiger partial charge is 0.419 e. The first-order valence-corrected chi connectivity index (χ1v) is 7.17. The monoisotopic (exact) mass is 334 g/mol. The first-order chi connectivity index (χ1) is 8.91. The van der Waals surface area contributed by atoms with Gasteiger partial charge in [-0.3, -0.25) is 0 Å². The van der Waals surface area contributed by atoms with Crippen molar-refractivity contribution in [2.45, 2.75) is 31.9 Å². The second-order valence-corrected chi connectivity index (χ2v) is 6.45. The van der Waals surface area contributed by atoms with Crippen molar-refractivity contribution in [1.29, 1.82) is 0 Å². The summed E-state index contributed by atoms with van der Waals surface area (Å²) >= 11 is 3.03. The lowest BCUT2D eigenvalue weighted by molar-refractivity contribution is -0.137. The molecule has 0 saturated heterocycles. The molecule has 2 fully saturated rings. The lowest BCUT2D eigenvalue weighted by Gasteiger charge is -2.18. The molecule has 2 aliphatic rings. The SMILES string of the molecule is FC(F)(F)c1cc(Br)cnc1NCC1(C2CC2)CC1. The lowest BCUT2D eigenvalue weighted by Crippen LogP contribution is -2.20. The Labute approximate surface area is 117 Å². The van der Waals surface area contributed by atoms with Crippen LogP contribution in [0.2, 0.25) is 0 Å². The number of nitrogens with one attached hydrogen (secondary N) is 1. The summed E-state index contributed by atoms with van der Waals surface area (Å²) in [5, 5.41) is 2.92. The highest BCUT2D eigenvalue weighted by atomic mass is 79.9. The average Bonchev–Trinajstić information content (AvgIpc) is 3.19. The van der Waals surface area contributed by atoms with Gasteiger partial charge in [0.05, 0.1) is 5.56 Å². The van der Waals surface area contributed by atoms with Gasteiger partial charge in [-0.1, -0.05) is 0 Å². The number of hydrogen-bond donors (Lipinski definition) is 1. The number of anilines is 1. The lowest BCUT2D eigenvalue weighted by atomic mass is 10.0. The summed E-state index contributed by atoms with van der Waals surface area (Å²) in [7, 11) is 0. The first kappa shape index (κ1) is 13.2. The van der Waals surface area contributed by atoms with Gasteiger partial charge in [0.2, 0.25) is 0 Å². The van der Waals surface area contributed by atoms with Gasteiger partial charge in [-0.15, -0.1) is 0 Å². The third kappa shape index (κ3) is 2.73. The maximum absolute atomic E-state index is 12.9. The molecule has 1 heterocycles. The number of aromatic nitrogens is 1. The molecule has 0 radical (unpaired) electrons. The van der Waals surface area contributed by atoms with E-state index in [1.807, 2.05) is 0 Å². The Bertz CT molecular complexity index is 493. The van der Waals surface area contributed by atoms with E-state index in [0.29, 0.717) is 16.9 Å². The molecule has 1 aromatic heterocycles. The molecule has 19 heavy (non-hydrogen) atoms. The maximum Gasteiger partial charge on any atom is 0.419 e. The fraction of sp³-hybridized carbons (Fsp3) is 0.615. The van der Waals surface area contributed by atoms with Gasteiger partial charge in [0.1, 0.15) is 5.82 Å². The normalized spacial score (nSPS) is 21.3. The molecule has 2 aliphatic carbocycles. The summed E-state index contributed by atoms with van der Waals surface area (Å²) in [6, 6.07) is 1.08. The van der Waals surface area contributed by atoms with Gasteiger partial charge in [-0.05, 0) is 59.0 Å². The molecule has 2 saturated carbocycles. The summed E-state index contributed by atoms with van der Waals surface area (Å²) in [6.45, 7) is 0.607. The van der Waals surface area contributed by atoms with E-state index in [-0.39, 0.29) is 11.2 Å². The predicted molar refractivity (Wildman–Crippen MR) is 69.8 cm³/mol. The van der Waals surface area contributed by atoms with Crippen molar-refractivity contribution < 1.29 is 13.2 Å². The highest BCUT2D eigenvalue weighted by Crippen LogP contribution is 2.61. The van der Waals surface area contributed by atoms with Crippen LogP contribution in [0.4, 0.5) is 19.0 Å². The molecular formula is C13H14BrF3N2. The Hall–Kier alpha value is -0.780. The van der Waals surface area contributed by atoms with Gasteiger partial charge in [0, 0.05) is 17.2 Å². The molecule has 0 aliphatic heterocycles. The van der Waals surface area contributed by atoms with E-state index in [1.165, 1.54) is 19.0 Å². The molecule has 1 aromatic rings. The minimum absolute atomic E-state index is 0.0531. The number of halogens is 4. The molecule has 0 aromatic carbocycles. The number of nitrogens with zero attached hydrogens (tertiary/aromatic N) is 1. The predicted octanol–water partition coefficient (Wildman–Crippen LogP) is 4.47. The Morgan fingerprint density at radius 2 is 2.05 bits per heavy atom. The van der Waals surface area contributed by atoms with E-state index in [2.05, 4.69) is 26.2 Å². The molecule has 1 N–H and O–H groups in total. The second-order valence-electron chi connectivity index (χ2n) is 5.54. The Morgan fingerprint density at radius 3 is 2.58 bits per heavy atom. The van der Waals surface area contributed by atoms with E-state index in [9.17, 15) is 13.2 Å². The minimum atomic E-state index is -4.38. The molecular weight excluding hydrogens is 321 g/mol. The zero-order valence-electron chi connectivity index (χ0n) is 10.2. The van der Waals surface area contributed by atoms with Crippen molar-refractivity contribution >= 4 is 21.7 Å². The van der Waals surface area contributed by atoms with Crippen LogP contribution in [0.3, 0.4) is 0 Å². The van der Waals surface area contributed by atoms with Gasteiger partial charge in [0.25, 0.3) is 0 Å². The van der Waals surface area contributed by atoms with Gasteiger partial charge in [0.15, 0.2) is 0 Å². The quantitative estimate of drug-likeness (QED) is 0.878. The summed E-state index contributed by atoms with van der Waals surface area (Å²) in [4.78, 5) is 3.88. The topological polar surface area (TPSA) is 24.9 Å². The Balaban J connectivity index is 1.77. The van der Waals surface area contributed by atoms with Crippen LogP contribution in [0.15, 0.2) is 16.7 Å². The molecule has 3 rings (SSSR count). The smallest absolute Gasteiger partial charge is 0.369 e. The number of rotatable bonds is 4. The van der Waals surface area contributed by atoms with Crippen LogP contribution in [0.1, 0.15) is 31.2 Å². The molecule has 6 heteroatoms. The summed E-state index contributed by atoms with van der Waals surface area (Å²) in [5.74, 6) is 0.660. The van der Waals surface area contributed by atoms with E-state index in [1.54, 1.807) is 0 Å². The van der Waals surface area contributed by atoms with Crippen molar-refractivity contribution in [2.24, 2.45) is 11.3 Å². The van der Waals surface area contributed by atoms with E-state index in [0.717, 1.165) is 18.9 Å². The molecule has 2 nitrogen and oxygen atoms in total. The Morgan fingerprint density at radius 1 is 1.37 bits per heavy atom. The fourth-order valence-corrected chi connectivity index (χ4v) is 2.97. The highest BCUT2D eigenvalue weighted by Gasteiger charge is 2.53. The summed E-state index contributed by atoms with van der Waals surface area (Å²) in [5.41, 5.74) is -0.453. The molecule has 0 bridgehead atoms. The summed E-state index contributed by atoms with van der Waals surface area (Å²) < 4.78 is 39.1. The van der Waals surface area contributed by atoms with Gasteiger partial charge >= 0.3 is 6.18 Å². The minimum Gasteiger partial charge on any atom is -0.369 e. The first-order valence-electron chi connectivity index (χ1n) is 6.37. The van der Waals surface area contributed by atoms with Crippen molar-refractivity contribution in [3.05, 3.63) is 22.3 Å². The van der Waals surface area contributed by atoms with Crippen LogP contribution < -0.4 is 5.32 Å². The fourth-order valence-electron chi connectivity index (χ4n) is 2.64. The average molecular weight is 335 g/mol. The van der Waals surface area contributed by atoms with Crippen LogP contribution in [-0.2, 0) is 6.18 Å². The second kappa shape index (κ2) is 4.36. The molecule has 0 spiro atoms. The van der Waals surface area contributed by atoms with Crippen LogP contribution in [-0.4, -0.2) is 11.5 Å². The van der Waals surface area contributed by atoms with Gasteiger partial charge in [-0.25, -0.2) is 4.98 Å². The van der Waals surface area contributed by atoms with Crippen molar-refractivity contribution in [2.75, 3.05) is 11.9 Å². The van der Waals surface area contributed by atoms with Crippen molar-refractivity contribution in [3.63, 3.8) is 0 Å². The number of pyridine rings is 1. The zero-order chi connectivity index (χ0) is 13.7. The molecule has 104 valence electrons. The van der Waals surface area contributed by atoms with Gasteiger partial charge in [-0.2, -0.15) is 13.2 Å². The summed E-state index contributed by atoms with van der Waals surface area (Å²) in [6.07, 6.45) is 1.72. The van der Waals surface area contributed by atoms with Crippen LogP contribution >= 0.6 is 15.9 Å². The highest BCUT2D eigenvalue weighted by molar-refractivity contribution is 9.10. The van der Waals surface area contributed by atoms with E-state index in [4.69, 9.17) is 0 Å². The Kier molecular flexibility index (Phi) is 3.04. The zero-order valence-corrected chi connectivity index (χ0v) is 11.8. The van der Waals surface area contributed by atoms with Crippen LogP contribution in [0, 0.1) is 11.3 Å². The van der Waals surface area contributed by atoms with Crippen LogP contribution in [0.5, 0.6) is 0 Å². The maximum atomic E-state index is 12.9. The van der Waals surface area contributed by atoms with Crippen LogP contribution in [0.25, 0.3) is 0 Å². The number of alkyl halides is 3. The molecule has 0 amide bonds. The van der Waals surface area contributed by atoms with E-state index < -0.39 is 11.7 Å². The van der Waals surface area contributed by atoms with Crippen molar-refractivity contribution in [1.82, 2.24) is 4.98 Å². The number of hydrogen-bond acceptors (Lipinski definition) is 2. The third-order valence-electron chi connectivity index (χ3n) is 4.10. The molecule has 0 unspecified atom stereocenters. The third-order valence-corrected chi connectivity index (χ3v) is 4.54. The van der Waals surface area contributed by atoms with E-state index >= 15 is 0 Å². The standard InChI is InChI=1S/C13H14BrF3N2/c14-9-5-10(13(15,16)17)11(18-6-9)19-7-12(3-4-12)8-1-2-8/h5-6,8H,1-4,7H2,(H,18,19). The molecule has 0 atom stereocenters.